The van der Waals surface area contributed by atoms with Gasteiger partial charge in [-0.2, -0.15) is 5.26 Å². The van der Waals surface area contributed by atoms with Gasteiger partial charge < -0.3 is 10.6 Å². The molecule has 0 amide bonds. The van der Waals surface area contributed by atoms with Crippen molar-refractivity contribution >= 4 is 11.4 Å². The van der Waals surface area contributed by atoms with Crippen LogP contribution in [0.1, 0.15) is 32.3 Å². The Kier molecular flexibility index (Phi) is 2.97. The SMILES string of the molecule is CC1(C)CCCN(c2ccc(N)c(C#N)c2)C1. The van der Waals surface area contributed by atoms with Crippen LogP contribution in [0.15, 0.2) is 18.2 Å². The topological polar surface area (TPSA) is 53.0 Å². The fourth-order valence-corrected chi connectivity index (χ4v) is 2.48. The molecule has 1 aliphatic rings. The second-order valence-electron chi connectivity index (χ2n) is 5.57. The molecule has 90 valence electrons. The highest BCUT2D eigenvalue weighted by molar-refractivity contribution is 5.63. The number of nitriles is 1. The first-order chi connectivity index (χ1) is 8.02. The number of nitrogens with two attached hydrogens (primary N) is 1. The molecule has 1 heterocycles. The summed E-state index contributed by atoms with van der Waals surface area (Å²) in [6, 6.07) is 7.88. The van der Waals surface area contributed by atoms with Gasteiger partial charge in [0.05, 0.1) is 5.56 Å². The van der Waals surface area contributed by atoms with Crippen molar-refractivity contribution in [2.24, 2.45) is 5.41 Å². The zero-order valence-corrected chi connectivity index (χ0v) is 10.5. The zero-order valence-electron chi connectivity index (χ0n) is 10.5. The van der Waals surface area contributed by atoms with Gasteiger partial charge in [-0.25, -0.2) is 0 Å². The van der Waals surface area contributed by atoms with Crippen LogP contribution in [0.3, 0.4) is 0 Å². The zero-order chi connectivity index (χ0) is 12.5. The van der Waals surface area contributed by atoms with Gasteiger partial charge in [0.15, 0.2) is 0 Å². The molecule has 1 saturated heterocycles. The van der Waals surface area contributed by atoms with Gasteiger partial charge in [-0.05, 0) is 36.5 Å². The molecule has 1 aromatic carbocycles. The lowest BCUT2D eigenvalue weighted by atomic mass is 9.84. The van der Waals surface area contributed by atoms with E-state index in [1.165, 1.54) is 12.8 Å². The van der Waals surface area contributed by atoms with Crippen LogP contribution < -0.4 is 10.6 Å². The predicted molar refractivity (Wildman–Crippen MR) is 70.8 cm³/mol. The van der Waals surface area contributed by atoms with Gasteiger partial charge >= 0.3 is 0 Å². The van der Waals surface area contributed by atoms with Crippen LogP contribution in [0.4, 0.5) is 11.4 Å². The summed E-state index contributed by atoms with van der Waals surface area (Å²) < 4.78 is 0. The lowest BCUT2D eigenvalue weighted by molar-refractivity contribution is 0.293. The Morgan fingerprint density at radius 2 is 2.18 bits per heavy atom. The molecule has 3 nitrogen and oxygen atoms in total. The number of benzene rings is 1. The summed E-state index contributed by atoms with van der Waals surface area (Å²) >= 11 is 0. The third-order valence-electron chi connectivity index (χ3n) is 3.42. The van der Waals surface area contributed by atoms with E-state index in [2.05, 4.69) is 24.8 Å². The lowest BCUT2D eigenvalue weighted by Gasteiger charge is -2.39. The second-order valence-corrected chi connectivity index (χ2v) is 5.57. The summed E-state index contributed by atoms with van der Waals surface area (Å²) in [5, 5.41) is 9.00. The fourth-order valence-electron chi connectivity index (χ4n) is 2.48. The van der Waals surface area contributed by atoms with E-state index in [0.717, 1.165) is 18.8 Å². The molecule has 1 aromatic rings. The Labute approximate surface area is 103 Å². The summed E-state index contributed by atoms with van der Waals surface area (Å²) in [5.74, 6) is 0. The Morgan fingerprint density at radius 1 is 1.41 bits per heavy atom. The van der Waals surface area contributed by atoms with E-state index < -0.39 is 0 Å². The molecule has 0 bridgehead atoms. The number of nitrogens with zero attached hydrogens (tertiary/aromatic N) is 2. The number of hydrogen-bond acceptors (Lipinski definition) is 3. The summed E-state index contributed by atoms with van der Waals surface area (Å²) in [6.45, 7) is 6.70. The van der Waals surface area contributed by atoms with Crippen molar-refractivity contribution < 1.29 is 0 Å². The van der Waals surface area contributed by atoms with Crippen LogP contribution in [0, 0.1) is 16.7 Å². The van der Waals surface area contributed by atoms with Gasteiger partial charge in [0.1, 0.15) is 6.07 Å². The monoisotopic (exact) mass is 229 g/mol. The highest BCUT2D eigenvalue weighted by atomic mass is 15.1. The van der Waals surface area contributed by atoms with Crippen molar-refractivity contribution in [2.45, 2.75) is 26.7 Å². The van der Waals surface area contributed by atoms with Gasteiger partial charge in [-0.1, -0.05) is 13.8 Å². The van der Waals surface area contributed by atoms with Gasteiger partial charge in [-0.15, -0.1) is 0 Å². The van der Waals surface area contributed by atoms with Crippen LogP contribution in [-0.2, 0) is 0 Å². The lowest BCUT2D eigenvalue weighted by Crippen LogP contribution is -2.40. The first kappa shape index (κ1) is 11.8. The Bertz CT molecular complexity index is 457. The normalized spacial score (nSPS) is 18.8. The van der Waals surface area contributed by atoms with Gasteiger partial charge in [0.25, 0.3) is 0 Å². The van der Waals surface area contributed by atoms with Crippen LogP contribution in [0.25, 0.3) is 0 Å². The van der Waals surface area contributed by atoms with Crippen LogP contribution in [0.2, 0.25) is 0 Å². The smallest absolute Gasteiger partial charge is 0.101 e. The molecule has 0 aromatic heterocycles. The van der Waals surface area contributed by atoms with Crippen LogP contribution in [0.5, 0.6) is 0 Å². The Morgan fingerprint density at radius 3 is 2.82 bits per heavy atom. The average Bonchev–Trinajstić information content (AvgIpc) is 2.28. The maximum Gasteiger partial charge on any atom is 0.101 e. The van der Waals surface area contributed by atoms with Crippen molar-refractivity contribution in [1.82, 2.24) is 0 Å². The van der Waals surface area contributed by atoms with E-state index in [9.17, 15) is 0 Å². The third-order valence-corrected chi connectivity index (χ3v) is 3.42. The van der Waals surface area contributed by atoms with E-state index in [1.54, 1.807) is 0 Å². The molecule has 0 unspecified atom stereocenters. The van der Waals surface area contributed by atoms with E-state index in [-0.39, 0.29) is 0 Å². The van der Waals surface area contributed by atoms with Crippen molar-refractivity contribution in [3.63, 3.8) is 0 Å². The minimum atomic E-state index is 0.354. The van der Waals surface area contributed by atoms with E-state index in [4.69, 9.17) is 11.0 Å². The van der Waals surface area contributed by atoms with E-state index in [1.807, 2.05) is 18.2 Å². The molecular formula is C14H19N3. The number of piperidine rings is 1. The molecule has 0 spiro atoms. The third kappa shape index (κ3) is 2.52. The number of nitrogen functional groups attached to an aromatic ring is 1. The number of hydrogen-bond donors (Lipinski definition) is 1. The quantitative estimate of drug-likeness (QED) is 0.753. The molecule has 2 N–H and O–H groups in total. The molecule has 17 heavy (non-hydrogen) atoms. The number of anilines is 2. The van der Waals surface area contributed by atoms with Crippen LogP contribution in [-0.4, -0.2) is 13.1 Å². The minimum Gasteiger partial charge on any atom is -0.398 e. The molecule has 0 aliphatic carbocycles. The van der Waals surface area contributed by atoms with Crippen LogP contribution >= 0.6 is 0 Å². The maximum absolute atomic E-state index is 9.00. The summed E-state index contributed by atoms with van der Waals surface area (Å²) in [5.41, 5.74) is 8.35. The standard InChI is InChI=1S/C14H19N3/c1-14(2)6-3-7-17(10-14)12-4-5-13(16)11(8-12)9-15/h4-5,8H,3,6-7,10,16H2,1-2H3. The molecule has 0 atom stereocenters. The average molecular weight is 229 g/mol. The van der Waals surface area contributed by atoms with Gasteiger partial charge in [0.2, 0.25) is 0 Å². The highest BCUT2D eigenvalue weighted by Gasteiger charge is 2.26. The summed E-state index contributed by atoms with van der Waals surface area (Å²) in [6.07, 6.45) is 2.48. The van der Waals surface area contributed by atoms with E-state index in [0.29, 0.717) is 16.7 Å². The Balaban J connectivity index is 2.26. The van der Waals surface area contributed by atoms with Crippen molar-refractivity contribution in [3.05, 3.63) is 23.8 Å². The molecule has 0 saturated carbocycles. The second kappa shape index (κ2) is 4.29. The molecule has 0 radical (unpaired) electrons. The largest absolute Gasteiger partial charge is 0.398 e. The molecule has 2 rings (SSSR count). The molecule has 1 aliphatic heterocycles. The highest BCUT2D eigenvalue weighted by Crippen LogP contribution is 2.32. The molecular weight excluding hydrogens is 210 g/mol. The maximum atomic E-state index is 9.00. The van der Waals surface area contributed by atoms with Crippen molar-refractivity contribution in [2.75, 3.05) is 23.7 Å². The van der Waals surface area contributed by atoms with E-state index >= 15 is 0 Å². The molecule has 1 fully saturated rings. The number of rotatable bonds is 1. The van der Waals surface area contributed by atoms with Crippen molar-refractivity contribution in [3.8, 4) is 6.07 Å². The molecule has 3 heteroatoms. The van der Waals surface area contributed by atoms with Crippen molar-refractivity contribution in [1.29, 1.82) is 5.26 Å². The minimum absolute atomic E-state index is 0.354. The van der Waals surface area contributed by atoms with Gasteiger partial charge in [0, 0.05) is 24.5 Å². The Hall–Kier alpha value is -1.69. The first-order valence-corrected chi connectivity index (χ1v) is 6.06. The summed E-state index contributed by atoms with van der Waals surface area (Å²) in [7, 11) is 0. The first-order valence-electron chi connectivity index (χ1n) is 6.06. The summed E-state index contributed by atoms with van der Waals surface area (Å²) in [4.78, 5) is 2.35. The van der Waals surface area contributed by atoms with Gasteiger partial charge in [-0.3, -0.25) is 0 Å². The predicted octanol–water partition coefficient (Wildman–Crippen LogP) is 2.77. The fraction of sp³-hybridized carbons (Fsp3) is 0.500.